The molecule has 1 amide bonds. The van der Waals surface area contributed by atoms with Crippen molar-refractivity contribution in [1.82, 2.24) is 9.13 Å². The van der Waals surface area contributed by atoms with E-state index in [1.165, 1.54) is 23.9 Å². The van der Waals surface area contributed by atoms with Crippen LogP contribution in [0.25, 0.3) is 0 Å². The van der Waals surface area contributed by atoms with Gasteiger partial charge < -0.3 is 10.1 Å². The summed E-state index contributed by atoms with van der Waals surface area (Å²) in [6.45, 7) is -0.176. The molecule has 1 aromatic heterocycles. The lowest BCUT2D eigenvalue weighted by atomic mass is 10.2. The van der Waals surface area contributed by atoms with Gasteiger partial charge in [0.25, 0.3) is 5.56 Å². The molecule has 7 heteroatoms. The Morgan fingerprint density at radius 3 is 2.68 bits per heavy atom. The van der Waals surface area contributed by atoms with E-state index in [0.717, 1.165) is 30.3 Å². The maximum absolute atomic E-state index is 12.3. The lowest BCUT2D eigenvalue weighted by Gasteiger charge is -2.17. The number of rotatable bonds is 5. The second-order valence-corrected chi connectivity index (χ2v) is 6.19. The summed E-state index contributed by atoms with van der Waals surface area (Å²) in [5, 5.41) is 2.78. The third-order valence-corrected chi connectivity index (χ3v) is 4.33. The van der Waals surface area contributed by atoms with Crippen LogP contribution in [0.3, 0.4) is 0 Å². The van der Waals surface area contributed by atoms with Crippen molar-refractivity contribution in [2.24, 2.45) is 7.05 Å². The first kappa shape index (κ1) is 17.0. The fraction of sp³-hybridized carbons (Fsp3) is 0.389. The summed E-state index contributed by atoms with van der Waals surface area (Å²) in [6, 6.07) is 8.52. The van der Waals surface area contributed by atoms with Crippen LogP contribution in [0.4, 0.5) is 5.69 Å². The van der Waals surface area contributed by atoms with Crippen LogP contribution in [0.2, 0.25) is 0 Å². The van der Waals surface area contributed by atoms with Crippen LogP contribution in [-0.4, -0.2) is 21.1 Å². The molecule has 3 rings (SSSR count). The monoisotopic (exact) mass is 343 g/mol. The zero-order valence-electron chi connectivity index (χ0n) is 14.1. The van der Waals surface area contributed by atoms with Crippen molar-refractivity contribution in [3.63, 3.8) is 0 Å². The quantitative estimate of drug-likeness (QED) is 0.892. The van der Waals surface area contributed by atoms with Gasteiger partial charge in [-0.05, 0) is 37.8 Å². The number of nitrogens with zero attached hydrogens (tertiary/aromatic N) is 2. The minimum absolute atomic E-state index is 0.176. The smallest absolute Gasteiger partial charge is 0.331 e. The average Bonchev–Trinajstić information content (AvgIpc) is 3.10. The van der Waals surface area contributed by atoms with Crippen LogP contribution in [-0.2, 0) is 18.4 Å². The van der Waals surface area contributed by atoms with Crippen LogP contribution in [0.15, 0.2) is 46.1 Å². The van der Waals surface area contributed by atoms with Crippen LogP contribution in [0.1, 0.15) is 25.7 Å². The van der Waals surface area contributed by atoms with Gasteiger partial charge in [0.05, 0.1) is 11.8 Å². The number of aromatic nitrogens is 2. The first-order valence-corrected chi connectivity index (χ1v) is 8.36. The normalized spacial score (nSPS) is 14.4. The molecule has 0 saturated heterocycles. The minimum Gasteiger partial charge on any atom is -0.488 e. The van der Waals surface area contributed by atoms with Crippen molar-refractivity contribution in [2.75, 3.05) is 5.32 Å². The zero-order valence-corrected chi connectivity index (χ0v) is 14.1. The van der Waals surface area contributed by atoms with Gasteiger partial charge in [-0.3, -0.25) is 18.7 Å². The number of hydrogen-bond acceptors (Lipinski definition) is 4. The van der Waals surface area contributed by atoms with E-state index in [1.807, 2.05) is 18.2 Å². The number of amides is 1. The zero-order chi connectivity index (χ0) is 17.8. The Morgan fingerprint density at radius 1 is 1.20 bits per heavy atom. The molecule has 1 aliphatic carbocycles. The highest BCUT2D eigenvalue weighted by Gasteiger charge is 2.18. The molecule has 0 unspecified atom stereocenters. The SMILES string of the molecule is Cn1c(=O)ccn(CC(=O)Nc2ccccc2OC2CCCC2)c1=O. The molecule has 1 fully saturated rings. The summed E-state index contributed by atoms with van der Waals surface area (Å²) in [4.78, 5) is 35.7. The van der Waals surface area contributed by atoms with Gasteiger partial charge in [0.15, 0.2) is 0 Å². The Bertz CT molecular complexity index is 878. The predicted molar refractivity (Wildman–Crippen MR) is 93.9 cm³/mol. The van der Waals surface area contributed by atoms with E-state index in [9.17, 15) is 14.4 Å². The molecule has 132 valence electrons. The highest BCUT2D eigenvalue weighted by molar-refractivity contribution is 5.92. The van der Waals surface area contributed by atoms with Gasteiger partial charge in [0.2, 0.25) is 5.91 Å². The molecule has 2 aromatic rings. The number of anilines is 1. The molecule has 0 atom stereocenters. The van der Waals surface area contributed by atoms with E-state index >= 15 is 0 Å². The van der Waals surface area contributed by atoms with Gasteiger partial charge in [-0.15, -0.1) is 0 Å². The standard InChI is InChI=1S/C18H21N3O4/c1-20-17(23)10-11-21(18(20)24)12-16(22)19-14-8-4-5-9-15(14)25-13-6-2-3-7-13/h4-5,8-11,13H,2-3,6-7,12H2,1H3,(H,19,22). The van der Waals surface area contributed by atoms with Crippen molar-refractivity contribution in [1.29, 1.82) is 0 Å². The lowest BCUT2D eigenvalue weighted by Crippen LogP contribution is -2.39. The Kier molecular flexibility index (Phi) is 5.02. The summed E-state index contributed by atoms with van der Waals surface area (Å²) in [7, 11) is 1.38. The largest absolute Gasteiger partial charge is 0.488 e. The molecule has 1 saturated carbocycles. The maximum atomic E-state index is 12.3. The number of benzene rings is 1. The summed E-state index contributed by atoms with van der Waals surface area (Å²) < 4.78 is 8.14. The molecule has 1 aromatic carbocycles. The van der Waals surface area contributed by atoms with Gasteiger partial charge in [-0.25, -0.2) is 4.79 Å². The maximum Gasteiger partial charge on any atom is 0.331 e. The highest BCUT2D eigenvalue weighted by atomic mass is 16.5. The second kappa shape index (κ2) is 7.38. The lowest BCUT2D eigenvalue weighted by molar-refractivity contribution is -0.116. The Balaban J connectivity index is 1.72. The first-order valence-electron chi connectivity index (χ1n) is 8.36. The van der Waals surface area contributed by atoms with E-state index in [1.54, 1.807) is 6.07 Å². The third kappa shape index (κ3) is 3.99. The van der Waals surface area contributed by atoms with Gasteiger partial charge >= 0.3 is 5.69 Å². The number of para-hydroxylation sites is 2. The van der Waals surface area contributed by atoms with Crippen molar-refractivity contribution < 1.29 is 9.53 Å². The van der Waals surface area contributed by atoms with Crippen molar-refractivity contribution in [2.45, 2.75) is 38.3 Å². The molecule has 0 spiro atoms. The molecular formula is C18H21N3O4. The van der Waals surface area contributed by atoms with Crippen LogP contribution in [0, 0.1) is 0 Å². The molecular weight excluding hydrogens is 322 g/mol. The molecule has 1 aliphatic rings. The average molecular weight is 343 g/mol. The van der Waals surface area contributed by atoms with Crippen molar-refractivity contribution in [3.05, 3.63) is 57.4 Å². The fourth-order valence-corrected chi connectivity index (χ4v) is 2.94. The number of carbonyl (C=O) groups is 1. The summed E-state index contributed by atoms with van der Waals surface area (Å²) in [6.07, 6.45) is 5.88. The molecule has 25 heavy (non-hydrogen) atoms. The summed E-state index contributed by atoms with van der Waals surface area (Å²) >= 11 is 0. The van der Waals surface area contributed by atoms with Gasteiger partial charge in [-0.2, -0.15) is 0 Å². The number of hydrogen-bond donors (Lipinski definition) is 1. The van der Waals surface area contributed by atoms with Gasteiger partial charge in [0, 0.05) is 19.3 Å². The Labute approximate surface area is 144 Å². The molecule has 1 N–H and O–H groups in total. The summed E-state index contributed by atoms with van der Waals surface area (Å²) in [5.74, 6) is 0.277. The third-order valence-electron chi connectivity index (χ3n) is 4.33. The fourth-order valence-electron chi connectivity index (χ4n) is 2.94. The minimum atomic E-state index is -0.529. The summed E-state index contributed by atoms with van der Waals surface area (Å²) in [5.41, 5.74) is -0.354. The molecule has 0 bridgehead atoms. The number of ether oxygens (including phenoxy) is 1. The number of nitrogens with one attached hydrogen (secondary N) is 1. The van der Waals surface area contributed by atoms with Crippen LogP contribution >= 0.6 is 0 Å². The van der Waals surface area contributed by atoms with Gasteiger partial charge in [-0.1, -0.05) is 12.1 Å². The van der Waals surface area contributed by atoms with Gasteiger partial charge in [0.1, 0.15) is 12.3 Å². The Hall–Kier alpha value is -2.83. The van der Waals surface area contributed by atoms with E-state index < -0.39 is 11.2 Å². The second-order valence-electron chi connectivity index (χ2n) is 6.19. The molecule has 0 radical (unpaired) electrons. The van der Waals surface area contributed by atoms with Crippen molar-refractivity contribution >= 4 is 11.6 Å². The Morgan fingerprint density at radius 2 is 1.92 bits per heavy atom. The van der Waals surface area contributed by atoms with Crippen LogP contribution in [0.5, 0.6) is 5.75 Å². The topological polar surface area (TPSA) is 82.3 Å². The van der Waals surface area contributed by atoms with Crippen molar-refractivity contribution in [3.8, 4) is 5.75 Å². The molecule has 7 nitrogen and oxygen atoms in total. The van der Waals surface area contributed by atoms with E-state index in [0.29, 0.717) is 11.4 Å². The predicted octanol–water partition coefficient (Wildman–Crippen LogP) is 1.51. The first-order chi connectivity index (χ1) is 12.0. The van der Waals surface area contributed by atoms with E-state index in [-0.39, 0.29) is 18.6 Å². The molecule has 0 aliphatic heterocycles. The number of carbonyl (C=O) groups excluding carboxylic acids is 1. The molecule has 1 heterocycles. The van der Waals surface area contributed by atoms with E-state index in [2.05, 4.69) is 5.32 Å². The van der Waals surface area contributed by atoms with Crippen LogP contribution < -0.4 is 21.3 Å². The van der Waals surface area contributed by atoms with E-state index in [4.69, 9.17) is 4.74 Å². The highest BCUT2D eigenvalue weighted by Crippen LogP contribution is 2.29.